The summed E-state index contributed by atoms with van der Waals surface area (Å²) in [6.07, 6.45) is 0.477. The van der Waals surface area contributed by atoms with Crippen LogP contribution in [0, 0.1) is 5.41 Å². The summed E-state index contributed by atoms with van der Waals surface area (Å²) in [6, 6.07) is 9.13. The third kappa shape index (κ3) is 6.29. The van der Waals surface area contributed by atoms with Gasteiger partial charge in [-0.25, -0.2) is 0 Å². The third-order valence-corrected chi connectivity index (χ3v) is 3.08. The van der Waals surface area contributed by atoms with Crippen molar-refractivity contribution >= 4 is 11.8 Å². The summed E-state index contributed by atoms with van der Waals surface area (Å²) in [5.74, 6) is -0.286. The molecule has 122 valence electrons. The van der Waals surface area contributed by atoms with E-state index in [0.717, 1.165) is 5.56 Å². The zero-order valence-electron chi connectivity index (χ0n) is 14.5. The molecule has 4 nitrogen and oxygen atoms in total. The first-order valence-electron chi connectivity index (χ1n) is 7.66. The molecule has 0 heterocycles. The minimum atomic E-state index is -0.576. The lowest BCUT2D eigenvalue weighted by Crippen LogP contribution is -2.54. The van der Waals surface area contributed by atoms with Crippen LogP contribution in [0.5, 0.6) is 0 Å². The van der Waals surface area contributed by atoms with Gasteiger partial charge in [-0.1, -0.05) is 51.1 Å². The Hall–Kier alpha value is -1.84. The van der Waals surface area contributed by atoms with Crippen LogP contribution in [-0.4, -0.2) is 23.4 Å². The summed E-state index contributed by atoms with van der Waals surface area (Å²) < 4.78 is 0. The first kappa shape index (κ1) is 18.2. The second kappa shape index (κ2) is 6.95. The Kier molecular flexibility index (Phi) is 5.75. The Morgan fingerprint density at radius 1 is 1.00 bits per heavy atom. The quantitative estimate of drug-likeness (QED) is 0.898. The van der Waals surface area contributed by atoms with Gasteiger partial charge in [0.1, 0.15) is 6.04 Å². The van der Waals surface area contributed by atoms with Crippen molar-refractivity contribution in [1.29, 1.82) is 0 Å². The highest BCUT2D eigenvalue weighted by Crippen LogP contribution is 2.14. The van der Waals surface area contributed by atoms with Gasteiger partial charge in [-0.3, -0.25) is 9.59 Å². The first-order chi connectivity index (χ1) is 9.99. The predicted octanol–water partition coefficient (Wildman–Crippen LogP) is 2.67. The van der Waals surface area contributed by atoms with E-state index in [9.17, 15) is 9.59 Å². The fourth-order valence-electron chi connectivity index (χ4n) is 1.89. The SMILES string of the molecule is CC(C)(C)NC(=O)[C@H](Cc1ccccc1)NC(=O)C(C)(C)C. The molecular weight excluding hydrogens is 276 g/mol. The molecule has 0 saturated heterocycles. The molecule has 4 heteroatoms. The molecule has 1 rings (SSSR count). The molecular formula is C18H28N2O2. The maximum absolute atomic E-state index is 12.5. The maximum Gasteiger partial charge on any atom is 0.243 e. The van der Waals surface area contributed by atoms with Crippen molar-refractivity contribution in [2.75, 3.05) is 0 Å². The molecule has 0 bridgehead atoms. The highest BCUT2D eigenvalue weighted by atomic mass is 16.2. The van der Waals surface area contributed by atoms with Gasteiger partial charge in [0.25, 0.3) is 0 Å². The molecule has 0 radical (unpaired) electrons. The zero-order valence-corrected chi connectivity index (χ0v) is 14.5. The normalized spacial score (nSPS) is 13.4. The molecule has 22 heavy (non-hydrogen) atoms. The number of amides is 2. The summed E-state index contributed by atoms with van der Waals surface area (Å²) >= 11 is 0. The van der Waals surface area contributed by atoms with Crippen LogP contribution in [0.15, 0.2) is 30.3 Å². The fraction of sp³-hybridized carbons (Fsp3) is 0.556. The van der Waals surface area contributed by atoms with Gasteiger partial charge in [-0.15, -0.1) is 0 Å². The van der Waals surface area contributed by atoms with Crippen molar-refractivity contribution in [2.24, 2.45) is 5.41 Å². The van der Waals surface area contributed by atoms with Crippen LogP contribution < -0.4 is 10.6 Å². The third-order valence-electron chi connectivity index (χ3n) is 3.08. The lowest BCUT2D eigenvalue weighted by Gasteiger charge is -2.28. The van der Waals surface area contributed by atoms with Gasteiger partial charge in [-0.05, 0) is 26.3 Å². The van der Waals surface area contributed by atoms with Gasteiger partial charge < -0.3 is 10.6 Å². The van der Waals surface area contributed by atoms with E-state index in [1.807, 2.05) is 71.9 Å². The monoisotopic (exact) mass is 304 g/mol. The van der Waals surface area contributed by atoms with Crippen molar-refractivity contribution in [3.05, 3.63) is 35.9 Å². The minimum Gasteiger partial charge on any atom is -0.350 e. The number of carbonyl (C=O) groups is 2. The van der Waals surface area contributed by atoms with Crippen molar-refractivity contribution < 1.29 is 9.59 Å². The number of hydrogen-bond acceptors (Lipinski definition) is 2. The summed E-state index contributed by atoms with van der Waals surface area (Å²) in [7, 11) is 0. The highest BCUT2D eigenvalue weighted by Gasteiger charge is 2.29. The number of rotatable bonds is 4. The smallest absolute Gasteiger partial charge is 0.243 e. The lowest BCUT2D eigenvalue weighted by molar-refractivity contribution is -0.134. The number of nitrogens with one attached hydrogen (secondary N) is 2. The molecule has 0 aromatic heterocycles. The largest absolute Gasteiger partial charge is 0.350 e. The van der Waals surface area contributed by atoms with Crippen molar-refractivity contribution in [1.82, 2.24) is 10.6 Å². The summed E-state index contributed by atoms with van der Waals surface area (Å²) in [5, 5.41) is 5.82. The Balaban J connectivity index is 2.90. The Bertz CT molecular complexity index is 510. The molecule has 0 saturated carbocycles. The van der Waals surface area contributed by atoms with E-state index in [4.69, 9.17) is 0 Å². The van der Waals surface area contributed by atoms with Crippen LogP contribution in [0.25, 0.3) is 0 Å². The Morgan fingerprint density at radius 2 is 1.55 bits per heavy atom. The average Bonchev–Trinajstić information content (AvgIpc) is 2.36. The number of carbonyl (C=O) groups excluding carboxylic acids is 2. The molecule has 1 aromatic rings. The van der Waals surface area contributed by atoms with Crippen molar-refractivity contribution in [3.63, 3.8) is 0 Å². The topological polar surface area (TPSA) is 58.2 Å². The standard InChI is InChI=1S/C18H28N2O2/c1-17(2,3)16(22)19-14(15(21)20-18(4,5)6)12-13-10-8-7-9-11-13/h7-11,14H,12H2,1-6H3,(H,19,22)(H,20,21)/t14-/m0/s1. The number of benzene rings is 1. The van der Waals surface area contributed by atoms with Crippen LogP contribution in [0.2, 0.25) is 0 Å². The molecule has 0 spiro atoms. The summed E-state index contributed by atoms with van der Waals surface area (Å²) in [5.41, 5.74) is 0.154. The second-order valence-corrected chi connectivity index (χ2v) is 7.71. The van der Waals surface area contributed by atoms with E-state index in [1.54, 1.807) is 0 Å². The molecule has 0 aliphatic rings. The second-order valence-electron chi connectivity index (χ2n) is 7.71. The van der Waals surface area contributed by atoms with Gasteiger partial charge >= 0.3 is 0 Å². The summed E-state index contributed by atoms with van der Waals surface area (Å²) in [4.78, 5) is 24.7. The molecule has 0 unspecified atom stereocenters. The van der Waals surface area contributed by atoms with Gasteiger partial charge in [0.05, 0.1) is 0 Å². The van der Waals surface area contributed by atoms with E-state index in [-0.39, 0.29) is 17.4 Å². The molecule has 2 N–H and O–H groups in total. The van der Waals surface area contributed by atoms with Gasteiger partial charge in [0, 0.05) is 17.4 Å². The predicted molar refractivity (Wildman–Crippen MR) is 89.4 cm³/mol. The van der Waals surface area contributed by atoms with Gasteiger partial charge in [0.2, 0.25) is 11.8 Å². The van der Waals surface area contributed by atoms with Crippen LogP contribution in [0.1, 0.15) is 47.1 Å². The van der Waals surface area contributed by atoms with Gasteiger partial charge in [-0.2, -0.15) is 0 Å². The molecule has 0 fully saturated rings. The summed E-state index contributed by atoms with van der Waals surface area (Å²) in [6.45, 7) is 11.3. The van der Waals surface area contributed by atoms with Crippen LogP contribution in [-0.2, 0) is 16.0 Å². The maximum atomic E-state index is 12.5. The Labute approximate surface area is 133 Å². The number of hydrogen-bond donors (Lipinski definition) is 2. The minimum absolute atomic E-state index is 0.127. The lowest BCUT2D eigenvalue weighted by atomic mass is 9.94. The molecule has 1 aromatic carbocycles. The zero-order chi connectivity index (χ0) is 17.0. The Morgan fingerprint density at radius 3 is 2.00 bits per heavy atom. The van der Waals surface area contributed by atoms with E-state index >= 15 is 0 Å². The van der Waals surface area contributed by atoms with E-state index < -0.39 is 11.5 Å². The van der Waals surface area contributed by atoms with Gasteiger partial charge in [0.15, 0.2) is 0 Å². The molecule has 1 atom stereocenters. The van der Waals surface area contributed by atoms with Crippen LogP contribution in [0.3, 0.4) is 0 Å². The fourth-order valence-corrected chi connectivity index (χ4v) is 1.89. The van der Waals surface area contributed by atoms with E-state index in [2.05, 4.69) is 10.6 Å². The molecule has 0 aliphatic heterocycles. The highest BCUT2D eigenvalue weighted by molar-refractivity contribution is 5.90. The average molecular weight is 304 g/mol. The first-order valence-corrected chi connectivity index (χ1v) is 7.66. The van der Waals surface area contributed by atoms with E-state index in [1.165, 1.54) is 0 Å². The van der Waals surface area contributed by atoms with E-state index in [0.29, 0.717) is 6.42 Å². The van der Waals surface area contributed by atoms with Crippen LogP contribution >= 0.6 is 0 Å². The molecule has 0 aliphatic carbocycles. The molecule has 2 amide bonds. The van der Waals surface area contributed by atoms with Crippen LogP contribution in [0.4, 0.5) is 0 Å². The van der Waals surface area contributed by atoms with Crippen molar-refractivity contribution in [2.45, 2.75) is 59.5 Å². The van der Waals surface area contributed by atoms with Crippen molar-refractivity contribution in [3.8, 4) is 0 Å².